The number of nitrogens with zero attached hydrogens (tertiary/aromatic N) is 1. The minimum absolute atomic E-state index is 0.0126. The lowest BCUT2D eigenvalue weighted by Crippen LogP contribution is -2.37. The van der Waals surface area contributed by atoms with Crippen LogP contribution in [0.4, 0.5) is 4.79 Å². The fourth-order valence-corrected chi connectivity index (χ4v) is 5.01. The van der Waals surface area contributed by atoms with Crippen LogP contribution < -0.4 is 5.32 Å². The van der Waals surface area contributed by atoms with Crippen molar-refractivity contribution in [3.05, 3.63) is 59.7 Å². The Morgan fingerprint density at radius 1 is 1.00 bits per heavy atom. The summed E-state index contributed by atoms with van der Waals surface area (Å²) in [6.45, 7) is 1.56. The number of carbonyl (C=O) groups excluding carboxylic acids is 2. The second kappa shape index (κ2) is 9.49. The van der Waals surface area contributed by atoms with Gasteiger partial charge in [0.05, 0.1) is 6.42 Å². The number of carbonyl (C=O) groups is 3. The van der Waals surface area contributed by atoms with Crippen molar-refractivity contribution in [2.45, 2.75) is 31.6 Å². The highest BCUT2D eigenvalue weighted by atomic mass is 16.5. The molecule has 3 aliphatic carbocycles. The first-order chi connectivity index (χ1) is 16.5. The van der Waals surface area contributed by atoms with Gasteiger partial charge in [-0.15, -0.1) is 0 Å². The van der Waals surface area contributed by atoms with Crippen LogP contribution in [-0.2, 0) is 14.3 Å². The molecule has 7 nitrogen and oxygen atoms in total. The molecular weight excluding hydrogens is 432 g/mol. The summed E-state index contributed by atoms with van der Waals surface area (Å²) in [6.07, 6.45) is 2.42. The fourth-order valence-electron chi connectivity index (χ4n) is 5.01. The minimum atomic E-state index is -0.891. The molecule has 0 bridgehead atoms. The number of benzene rings is 2. The van der Waals surface area contributed by atoms with Gasteiger partial charge in [-0.2, -0.15) is 0 Å². The summed E-state index contributed by atoms with van der Waals surface area (Å²) in [4.78, 5) is 37.9. The summed E-state index contributed by atoms with van der Waals surface area (Å²) in [7, 11) is 0. The van der Waals surface area contributed by atoms with E-state index in [1.54, 1.807) is 4.90 Å². The highest BCUT2D eigenvalue weighted by molar-refractivity contribution is 5.82. The minimum Gasteiger partial charge on any atom is -0.481 e. The Labute approximate surface area is 199 Å². The summed E-state index contributed by atoms with van der Waals surface area (Å²) in [5.41, 5.74) is 4.71. The van der Waals surface area contributed by atoms with Crippen LogP contribution in [0.2, 0.25) is 0 Å². The molecule has 178 valence electrons. The molecule has 0 aromatic heterocycles. The highest BCUT2D eigenvalue weighted by Gasteiger charge is 2.45. The molecule has 2 fully saturated rings. The smallest absolute Gasteiger partial charge is 0.407 e. The molecule has 2 aromatic rings. The Kier molecular flexibility index (Phi) is 6.26. The van der Waals surface area contributed by atoms with E-state index in [1.807, 2.05) is 24.3 Å². The normalized spacial score (nSPS) is 20.2. The molecule has 2 N–H and O–H groups in total. The van der Waals surface area contributed by atoms with Crippen molar-refractivity contribution >= 4 is 18.0 Å². The first-order valence-electron chi connectivity index (χ1n) is 12.1. The van der Waals surface area contributed by atoms with Crippen LogP contribution in [0, 0.1) is 17.8 Å². The molecule has 0 spiro atoms. The van der Waals surface area contributed by atoms with Crippen molar-refractivity contribution in [2.24, 2.45) is 17.8 Å². The Balaban J connectivity index is 1.10. The van der Waals surface area contributed by atoms with E-state index in [9.17, 15) is 14.4 Å². The molecule has 0 aliphatic heterocycles. The van der Waals surface area contributed by atoms with Gasteiger partial charge < -0.3 is 20.1 Å². The molecule has 34 heavy (non-hydrogen) atoms. The zero-order chi connectivity index (χ0) is 23.7. The molecule has 2 amide bonds. The summed E-state index contributed by atoms with van der Waals surface area (Å²) in [5.74, 6) is -0.404. The average molecular weight is 463 g/mol. The van der Waals surface area contributed by atoms with Crippen molar-refractivity contribution in [3.63, 3.8) is 0 Å². The third-order valence-electron chi connectivity index (χ3n) is 7.17. The van der Waals surface area contributed by atoms with Crippen LogP contribution >= 0.6 is 0 Å². The third kappa shape index (κ3) is 4.93. The predicted octanol–water partition coefficient (Wildman–Crippen LogP) is 3.87. The van der Waals surface area contributed by atoms with Gasteiger partial charge in [0.15, 0.2) is 0 Å². The number of alkyl carbamates (subject to hydrolysis) is 1. The van der Waals surface area contributed by atoms with E-state index in [-0.39, 0.29) is 43.2 Å². The maximum atomic E-state index is 12.9. The first kappa shape index (κ1) is 22.4. The van der Waals surface area contributed by atoms with Crippen LogP contribution in [0.3, 0.4) is 0 Å². The van der Waals surface area contributed by atoms with Gasteiger partial charge >= 0.3 is 12.1 Å². The Hall–Kier alpha value is -3.35. The highest BCUT2D eigenvalue weighted by Crippen LogP contribution is 2.44. The maximum absolute atomic E-state index is 12.9. The largest absolute Gasteiger partial charge is 0.481 e. The summed E-state index contributed by atoms with van der Waals surface area (Å²) in [5, 5.41) is 11.8. The number of carboxylic acid groups (broad SMARTS) is 1. The predicted molar refractivity (Wildman–Crippen MR) is 126 cm³/mol. The van der Waals surface area contributed by atoms with Gasteiger partial charge in [-0.1, -0.05) is 48.5 Å². The molecule has 0 saturated heterocycles. The molecular formula is C27H30N2O5. The molecule has 7 heteroatoms. The molecule has 2 unspecified atom stereocenters. The molecule has 0 radical (unpaired) electrons. The van der Waals surface area contributed by atoms with Gasteiger partial charge in [0.1, 0.15) is 6.61 Å². The van der Waals surface area contributed by atoms with Gasteiger partial charge in [-0.3, -0.25) is 9.59 Å². The van der Waals surface area contributed by atoms with Crippen molar-refractivity contribution in [1.29, 1.82) is 0 Å². The number of amides is 2. The Bertz CT molecular complexity index is 1050. The molecule has 0 heterocycles. The van der Waals surface area contributed by atoms with Gasteiger partial charge in [0.2, 0.25) is 5.91 Å². The van der Waals surface area contributed by atoms with E-state index >= 15 is 0 Å². The topological polar surface area (TPSA) is 95.9 Å². The second-order valence-corrected chi connectivity index (χ2v) is 9.68. The fraction of sp³-hybridized carbons (Fsp3) is 0.444. The van der Waals surface area contributed by atoms with Crippen LogP contribution in [-0.4, -0.2) is 54.2 Å². The molecule has 5 rings (SSSR count). The first-order valence-corrected chi connectivity index (χ1v) is 12.1. The zero-order valence-electron chi connectivity index (χ0n) is 19.1. The number of hydrogen-bond acceptors (Lipinski definition) is 4. The summed E-state index contributed by atoms with van der Waals surface area (Å²) in [6, 6.07) is 16.4. The van der Waals surface area contributed by atoms with Crippen LogP contribution in [0.25, 0.3) is 11.1 Å². The number of fused-ring (bicyclic) bond motifs is 3. The lowest BCUT2D eigenvalue weighted by Gasteiger charge is -2.22. The van der Waals surface area contributed by atoms with Crippen LogP contribution in [0.15, 0.2) is 48.5 Å². The summed E-state index contributed by atoms with van der Waals surface area (Å²) >= 11 is 0. The maximum Gasteiger partial charge on any atom is 0.407 e. The quantitative estimate of drug-likeness (QED) is 0.559. The number of ether oxygens (including phenoxy) is 1. The average Bonchev–Trinajstić information content (AvgIpc) is 3.77. The second-order valence-electron chi connectivity index (χ2n) is 9.68. The standard InChI is InChI=1S/C27H30N2O5/c30-25(31)11-12-29(15-17-9-10-17)26(32)23-13-18(23)14-28-27(33)34-16-24-21-7-3-1-5-19(21)20-6-2-4-8-22(20)24/h1-8,17-18,23-24H,9-16H2,(H,28,33)(H,30,31). The lowest BCUT2D eigenvalue weighted by molar-refractivity contribution is -0.139. The number of aliphatic carboxylic acids is 1. The molecule has 2 atom stereocenters. The zero-order valence-corrected chi connectivity index (χ0v) is 19.1. The van der Waals surface area contributed by atoms with Gasteiger partial charge in [0.25, 0.3) is 0 Å². The lowest BCUT2D eigenvalue weighted by atomic mass is 9.98. The van der Waals surface area contributed by atoms with Crippen molar-refractivity contribution in [1.82, 2.24) is 10.2 Å². The third-order valence-corrected chi connectivity index (χ3v) is 7.17. The number of rotatable bonds is 10. The monoisotopic (exact) mass is 462 g/mol. The summed E-state index contributed by atoms with van der Waals surface area (Å²) < 4.78 is 5.58. The molecule has 3 aliphatic rings. The van der Waals surface area contributed by atoms with E-state index in [1.165, 1.54) is 22.3 Å². The van der Waals surface area contributed by atoms with Gasteiger partial charge in [0, 0.05) is 31.5 Å². The van der Waals surface area contributed by atoms with E-state index in [4.69, 9.17) is 9.84 Å². The van der Waals surface area contributed by atoms with Gasteiger partial charge in [-0.25, -0.2) is 4.79 Å². The number of hydrogen-bond donors (Lipinski definition) is 2. The Morgan fingerprint density at radius 2 is 1.65 bits per heavy atom. The Morgan fingerprint density at radius 3 is 2.26 bits per heavy atom. The van der Waals surface area contributed by atoms with Gasteiger partial charge in [-0.05, 0) is 53.4 Å². The van der Waals surface area contributed by atoms with Crippen molar-refractivity contribution in [2.75, 3.05) is 26.2 Å². The van der Waals surface area contributed by atoms with E-state index < -0.39 is 12.1 Å². The molecule has 2 saturated carbocycles. The number of nitrogens with one attached hydrogen (secondary N) is 1. The van der Waals surface area contributed by atoms with E-state index in [0.29, 0.717) is 19.0 Å². The number of carboxylic acids is 1. The van der Waals surface area contributed by atoms with Crippen LogP contribution in [0.5, 0.6) is 0 Å². The van der Waals surface area contributed by atoms with Crippen molar-refractivity contribution < 1.29 is 24.2 Å². The van der Waals surface area contributed by atoms with Crippen molar-refractivity contribution in [3.8, 4) is 11.1 Å². The van der Waals surface area contributed by atoms with Crippen LogP contribution in [0.1, 0.15) is 42.7 Å². The van der Waals surface area contributed by atoms with E-state index in [0.717, 1.165) is 19.3 Å². The van der Waals surface area contributed by atoms with E-state index in [2.05, 4.69) is 29.6 Å². The SMILES string of the molecule is O=C(O)CCN(CC1CC1)C(=O)C1CC1CNC(=O)OCC1c2ccccc2-c2ccccc21. The molecule has 2 aromatic carbocycles.